The molecule has 1 aliphatic rings. The van der Waals surface area contributed by atoms with Gasteiger partial charge in [-0.1, -0.05) is 23.7 Å². The van der Waals surface area contributed by atoms with Crippen LogP contribution in [0, 0.1) is 0 Å². The van der Waals surface area contributed by atoms with E-state index < -0.39 is 0 Å². The van der Waals surface area contributed by atoms with Crippen molar-refractivity contribution < 1.29 is 0 Å². The highest BCUT2D eigenvalue weighted by Crippen LogP contribution is 2.21. The van der Waals surface area contributed by atoms with Crippen LogP contribution in [0.1, 0.15) is 18.7 Å². The molecule has 0 unspecified atom stereocenters. The molecule has 1 saturated carbocycles. The molecule has 1 heterocycles. The maximum atomic E-state index is 6.15. The van der Waals surface area contributed by atoms with Gasteiger partial charge in [-0.2, -0.15) is 5.10 Å². The third-order valence-corrected chi connectivity index (χ3v) is 3.14. The van der Waals surface area contributed by atoms with Crippen LogP contribution in [0.25, 0.3) is 5.69 Å². The summed E-state index contributed by atoms with van der Waals surface area (Å²) in [7, 11) is 0. The number of hydrogen-bond donors (Lipinski definition) is 1. The molecule has 0 saturated heterocycles. The maximum Gasteiger partial charge on any atom is 0.146 e. The van der Waals surface area contributed by atoms with Crippen LogP contribution in [-0.4, -0.2) is 20.8 Å². The van der Waals surface area contributed by atoms with E-state index in [0.29, 0.717) is 11.1 Å². The molecule has 1 aromatic heterocycles. The Morgan fingerprint density at radius 3 is 2.94 bits per heavy atom. The number of para-hydroxylation sites is 1. The minimum Gasteiger partial charge on any atom is -0.307 e. The summed E-state index contributed by atoms with van der Waals surface area (Å²) in [5.41, 5.74) is 0.874. The van der Waals surface area contributed by atoms with Crippen molar-refractivity contribution in [2.24, 2.45) is 0 Å². The Morgan fingerprint density at radius 2 is 2.18 bits per heavy atom. The number of nitrogens with one attached hydrogen (secondary N) is 1. The average molecular weight is 249 g/mol. The molecular formula is C12H13ClN4. The van der Waals surface area contributed by atoms with Crippen molar-refractivity contribution in [2.75, 3.05) is 0 Å². The first-order valence-corrected chi connectivity index (χ1v) is 6.09. The van der Waals surface area contributed by atoms with E-state index in [0.717, 1.165) is 18.1 Å². The van der Waals surface area contributed by atoms with Gasteiger partial charge in [-0.25, -0.2) is 9.67 Å². The Morgan fingerprint density at radius 1 is 1.35 bits per heavy atom. The molecule has 1 aliphatic carbocycles. The monoisotopic (exact) mass is 248 g/mol. The van der Waals surface area contributed by atoms with Crippen molar-refractivity contribution >= 4 is 11.6 Å². The minimum atomic E-state index is 0.659. The minimum absolute atomic E-state index is 0.659. The fourth-order valence-electron chi connectivity index (χ4n) is 1.73. The summed E-state index contributed by atoms with van der Waals surface area (Å²) in [5.74, 6) is 0.894. The van der Waals surface area contributed by atoms with Gasteiger partial charge >= 0.3 is 0 Å². The lowest BCUT2D eigenvalue weighted by atomic mass is 10.3. The third-order valence-electron chi connectivity index (χ3n) is 2.83. The molecule has 0 amide bonds. The van der Waals surface area contributed by atoms with Crippen LogP contribution in [0.15, 0.2) is 30.6 Å². The van der Waals surface area contributed by atoms with E-state index in [2.05, 4.69) is 15.4 Å². The van der Waals surface area contributed by atoms with E-state index in [1.54, 1.807) is 11.0 Å². The molecule has 5 heteroatoms. The highest BCUT2D eigenvalue weighted by atomic mass is 35.5. The lowest BCUT2D eigenvalue weighted by Gasteiger charge is -2.08. The molecule has 0 spiro atoms. The van der Waals surface area contributed by atoms with E-state index in [9.17, 15) is 0 Å². The van der Waals surface area contributed by atoms with Crippen molar-refractivity contribution in [1.29, 1.82) is 0 Å². The molecule has 0 atom stereocenters. The van der Waals surface area contributed by atoms with Gasteiger partial charge in [0.05, 0.1) is 17.3 Å². The first-order chi connectivity index (χ1) is 8.34. The number of halogens is 1. The molecule has 4 nitrogen and oxygen atoms in total. The van der Waals surface area contributed by atoms with Crippen LogP contribution in [0.3, 0.4) is 0 Å². The second kappa shape index (κ2) is 4.47. The molecule has 17 heavy (non-hydrogen) atoms. The molecule has 3 rings (SSSR count). The summed E-state index contributed by atoms with van der Waals surface area (Å²) < 4.78 is 1.79. The Bertz CT molecular complexity index is 519. The van der Waals surface area contributed by atoms with E-state index in [1.165, 1.54) is 12.8 Å². The fraction of sp³-hybridized carbons (Fsp3) is 0.333. The number of nitrogens with zero attached hydrogens (tertiary/aromatic N) is 3. The predicted molar refractivity (Wildman–Crippen MR) is 66.2 cm³/mol. The van der Waals surface area contributed by atoms with E-state index >= 15 is 0 Å². The van der Waals surface area contributed by atoms with Crippen LogP contribution in [0.5, 0.6) is 0 Å². The standard InChI is InChI=1S/C12H13ClN4/c13-10-3-1-2-4-11(10)17-12(15-8-16-17)7-14-9-5-6-9/h1-4,8-9,14H,5-7H2. The predicted octanol–water partition coefficient (Wildman–Crippen LogP) is 2.17. The summed E-state index contributed by atoms with van der Waals surface area (Å²) in [4.78, 5) is 4.26. The Hall–Kier alpha value is -1.39. The van der Waals surface area contributed by atoms with Crippen LogP contribution in [0.2, 0.25) is 5.02 Å². The van der Waals surface area contributed by atoms with Gasteiger partial charge in [0.25, 0.3) is 0 Å². The zero-order valence-corrected chi connectivity index (χ0v) is 10.1. The Kier molecular flexibility index (Phi) is 2.82. The summed E-state index contributed by atoms with van der Waals surface area (Å²) in [5, 5.41) is 8.33. The zero-order valence-electron chi connectivity index (χ0n) is 9.31. The van der Waals surface area contributed by atoms with Gasteiger partial charge in [0.15, 0.2) is 0 Å². The first-order valence-electron chi connectivity index (χ1n) is 5.72. The van der Waals surface area contributed by atoms with Gasteiger partial charge in [0.1, 0.15) is 12.2 Å². The molecule has 0 radical (unpaired) electrons. The maximum absolute atomic E-state index is 6.15. The molecule has 1 fully saturated rings. The quantitative estimate of drug-likeness (QED) is 0.902. The molecule has 1 N–H and O–H groups in total. The molecule has 0 bridgehead atoms. The van der Waals surface area contributed by atoms with Gasteiger partial charge in [-0.05, 0) is 25.0 Å². The number of hydrogen-bond acceptors (Lipinski definition) is 3. The van der Waals surface area contributed by atoms with Crippen LogP contribution >= 0.6 is 11.6 Å². The topological polar surface area (TPSA) is 42.7 Å². The molecule has 0 aliphatic heterocycles. The normalized spacial score (nSPS) is 15.1. The SMILES string of the molecule is Clc1ccccc1-n1ncnc1CNC1CC1. The number of rotatable bonds is 4. The second-order valence-electron chi connectivity index (χ2n) is 4.19. The lowest BCUT2D eigenvalue weighted by molar-refractivity contribution is 0.638. The van der Waals surface area contributed by atoms with Gasteiger partial charge in [-0.15, -0.1) is 0 Å². The molecule has 1 aromatic carbocycles. The zero-order chi connectivity index (χ0) is 11.7. The summed E-state index contributed by atoms with van der Waals surface area (Å²) in [6.07, 6.45) is 4.09. The third kappa shape index (κ3) is 2.33. The Labute approximate surface area is 105 Å². The van der Waals surface area contributed by atoms with Crippen molar-refractivity contribution in [3.05, 3.63) is 41.4 Å². The number of aromatic nitrogens is 3. The van der Waals surface area contributed by atoms with Gasteiger partial charge in [0, 0.05) is 6.04 Å². The summed E-state index contributed by atoms with van der Waals surface area (Å²) >= 11 is 6.15. The number of benzene rings is 1. The van der Waals surface area contributed by atoms with E-state index in [4.69, 9.17) is 11.6 Å². The smallest absolute Gasteiger partial charge is 0.146 e. The second-order valence-corrected chi connectivity index (χ2v) is 4.60. The average Bonchev–Trinajstić information content (AvgIpc) is 3.06. The molecule has 2 aromatic rings. The highest BCUT2D eigenvalue weighted by Gasteiger charge is 2.21. The largest absolute Gasteiger partial charge is 0.307 e. The molecule has 88 valence electrons. The van der Waals surface area contributed by atoms with Crippen molar-refractivity contribution in [3.63, 3.8) is 0 Å². The van der Waals surface area contributed by atoms with Gasteiger partial charge < -0.3 is 5.32 Å². The van der Waals surface area contributed by atoms with Crippen LogP contribution in [0.4, 0.5) is 0 Å². The van der Waals surface area contributed by atoms with Gasteiger partial charge in [0.2, 0.25) is 0 Å². The van der Waals surface area contributed by atoms with E-state index in [1.807, 2.05) is 24.3 Å². The Balaban J connectivity index is 1.86. The fourth-order valence-corrected chi connectivity index (χ4v) is 1.95. The van der Waals surface area contributed by atoms with Crippen LogP contribution < -0.4 is 5.32 Å². The van der Waals surface area contributed by atoms with Crippen molar-refractivity contribution in [3.8, 4) is 5.69 Å². The summed E-state index contributed by atoms with van der Waals surface area (Å²) in [6, 6.07) is 8.31. The lowest BCUT2D eigenvalue weighted by Crippen LogP contribution is -2.19. The first kappa shape index (κ1) is 10.7. The summed E-state index contributed by atoms with van der Waals surface area (Å²) in [6.45, 7) is 0.732. The van der Waals surface area contributed by atoms with E-state index in [-0.39, 0.29) is 0 Å². The van der Waals surface area contributed by atoms with Crippen molar-refractivity contribution in [2.45, 2.75) is 25.4 Å². The van der Waals surface area contributed by atoms with Crippen LogP contribution in [-0.2, 0) is 6.54 Å². The van der Waals surface area contributed by atoms with Gasteiger partial charge in [-0.3, -0.25) is 0 Å². The highest BCUT2D eigenvalue weighted by molar-refractivity contribution is 6.32. The molecular weight excluding hydrogens is 236 g/mol. The van der Waals surface area contributed by atoms with Crippen molar-refractivity contribution in [1.82, 2.24) is 20.1 Å².